The number of thiazole rings is 1. The maximum Gasteiger partial charge on any atom is 0.291 e. The number of hydrogen-bond acceptors (Lipinski definition) is 4. The zero-order chi connectivity index (χ0) is 16.7. The van der Waals surface area contributed by atoms with E-state index in [9.17, 15) is 9.18 Å². The molecule has 2 heterocycles. The first-order valence-corrected chi connectivity index (χ1v) is 8.16. The number of halogens is 1. The van der Waals surface area contributed by atoms with Crippen LogP contribution in [0.2, 0.25) is 0 Å². The second kappa shape index (κ2) is 5.65. The number of aryl methyl sites for hydroxylation is 1. The lowest BCUT2D eigenvalue weighted by Gasteiger charge is -1.95. The Kier molecular flexibility index (Phi) is 3.46. The molecule has 24 heavy (non-hydrogen) atoms. The minimum atomic E-state index is -0.336. The highest BCUT2D eigenvalue weighted by Gasteiger charge is 2.12. The van der Waals surface area contributed by atoms with Crippen LogP contribution in [0, 0.1) is 12.7 Å². The van der Waals surface area contributed by atoms with Crippen molar-refractivity contribution in [1.29, 1.82) is 0 Å². The predicted molar refractivity (Wildman–Crippen MR) is 92.5 cm³/mol. The number of benzene rings is 2. The molecule has 0 amide bonds. The zero-order valence-electron chi connectivity index (χ0n) is 12.7. The molecule has 4 rings (SSSR count). The smallest absolute Gasteiger partial charge is 0.266 e. The minimum absolute atomic E-state index is 0.245. The van der Waals surface area contributed by atoms with E-state index in [1.54, 1.807) is 18.2 Å². The van der Waals surface area contributed by atoms with E-state index < -0.39 is 0 Å². The molecular weight excluding hydrogens is 325 g/mol. The molecule has 6 heteroatoms. The molecule has 2 aromatic heterocycles. The van der Waals surface area contributed by atoms with Crippen molar-refractivity contribution in [3.63, 3.8) is 0 Å². The molecule has 0 radical (unpaired) electrons. The van der Waals surface area contributed by atoms with Gasteiger partial charge in [-0.3, -0.25) is 4.79 Å². The lowest BCUT2D eigenvalue weighted by Crippen LogP contribution is -2.23. The summed E-state index contributed by atoms with van der Waals surface area (Å²) in [4.78, 5) is 17.4. The lowest BCUT2D eigenvalue weighted by molar-refractivity contribution is 0.627. The second-order valence-electron chi connectivity index (χ2n) is 5.47. The summed E-state index contributed by atoms with van der Waals surface area (Å²) in [5, 5.41) is 4.31. The number of aromatic nitrogens is 3. The third-order valence-corrected chi connectivity index (χ3v) is 4.56. The maximum atomic E-state index is 13.3. The van der Waals surface area contributed by atoms with Crippen LogP contribution in [0.5, 0.6) is 0 Å². The van der Waals surface area contributed by atoms with Crippen LogP contribution < -0.4 is 10.1 Å². The van der Waals surface area contributed by atoms with E-state index in [1.807, 2.05) is 31.2 Å². The van der Waals surface area contributed by atoms with E-state index in [1.165, 1.54) is 28.0 Å². The Morgan fingerprint density at radius 3 is 2.75 bits per heavy atom. The molecule has 0 atom stereocenters. The number of fused-ring (bicyclic) bond motifs is 1. The fourth-order valence-electron chi connectivity index (χ4n) is 2.49. The van der Waals surface area contributed by atoms with Gasteiger partial charge in [0.15, 0.2) is 5.82 Å². The van der Waals surface area contributed by atoms with Crippen molar-refractivity contribution in [2.45, 2.75) is 6.92 Å². The standard InChI is InChI=1S/C18H12FN3OS/c1-11-4-2-6-13(8-11)16-20-18-22(21-16)17(23)15(24-18)10-12-5-3-7-14(19)9-12/h2-10H,1H3. The molecular formula is C18H12FN3OS. The molecule has 118 valence electrons. The lowest BCUT2D eigenvalue weighted by atomic mass is 10.1. The normalized spacial score (nSPS) is 12.2. The van der Waals surface area contributed by atoms with Gasteiger partial charge < -0.3 is 0 Å². The third-order valence-electron chi connectivity index (χ3n) is 3.60. The maximum absolute atomic E-state index is 13.3. The fraction of sp³-hybridized carbons (Fsp3) is 0.0556. The van der Waals surface area contributed by atoms with Gasteiger partial charge in [0, 0.05) is 5.56 Å². The summed E-state index contributed by atoms with van der Waals surface area (Å²) >= 11 is 1.24. The topological polar surface area (TPSA) is 47.3 Å². The van der Waals surface area contributed by atoms with E-state index in [0.717, 1.165) is 11.1 Å². The fourth-order valence-corrected chi connectivity index (χ4v) is 3.40. The van der Waals surface area contributed by atoms with Crippen LogP contribution in [-0.4, -0.2) is 14.6 Å². The Balaban J connectivity index is 1.83. The van der Waals surface area contributed by atoms with E-state index in [0.29, 0.717) is 20.9 Å². The van der Waals surface area contributed by atoms with Crippen molar-refractivity contribution in [2.24, 2.45) is 0 Å². The Morgan fingerprint density at radius 1 is 1.17 bits per heavy atom. The van der Waals surface area contributed by atoms with Gasteiger partial charge in [-0.25, -0.2) is 4.39 Å². The Labute approximate surface area is 140 Å². The predicted octanol–water partition coefficient (Wildman–Crippen LogP) is 2.81. The van der Waals surface area contributed by atoms with Crippen LogP contribution in [0.25, 0.3) is 22.4 Å². The van der Waals surface area contributed by atoms with Crippen molar-refractivity contribution in [3.8, 4) is 11.4 Å². The molecule has 4 nitrogen and oxygen atoms in total. The van der Waals surface area contributed by atoms with E-state index in [2.05, 4.69) is 10.1 Å². The quantitative estimate of drug-likeness (QED) is 0.565. The third kappa shape index (κ3) is 2.61. The van der Waals surface area contributed by atoms with Gasteiger partial charge >= 0.3 is 0 Å². The monoisotopic (exact) mass is 337 g/mol. The molecule has 0 aliphatic carbocycles. The Hall–Kier alpha value is -2.86. The average Bonchev–Trinajstić information content (AvgIpc) is 3.08. The number of rotatable bonds is 2. The summed E-state index contributed by atoms with van der Waals surface area (Å²) in [5.74, 6) is 0.191. The first-order chi connectivity index (χ1) is 11.6. The highest BCUT2D eigenvalue weighted by Crippen LogP contribution is 2.17. The molecule has 0 spiro atoms. The van der Waals surface area contributed by atoms with E-state index >= 15 is 0 Å². The van der Waals surface area contributed by atoms with Crippen LogP contribution in [0.4, 0.5) is 4.39 Å². The Bertz CT molecular complexity index is 1160. The first kappa shape index (κ1) is 14.7. The van der Waals surface area contributed by atoms with Crippen molar-refractivity contribution in [1.82, 2.24) is 14.6 Å². The van der Waals surface area contributed by atoms with Crippen LogP contribution in [-0.2, 0) is 0 Å². The summed E-state index contributed by atoms with van der Waals surface area (Å²) < 4.78 is 15.0. The van der Waals surface area contributed by atoms with Gasteiger partial charge in [0.1, 0.15) is 5.82 Å². The summed E-state index contributed by atoms with van der Waals surface area (Å²) in [6, 6.07) is 13.9. The van der Waals surface area contributed by atoms with Gasteiger partial charge in [0.2, 0.25) is 4.96 Å². The van der Waals surface area contributed by atoms with Crippen molar-refractivity contribution >= 4 is 22.4 Å². The largest absolute Gasteiger partial charge is 0.291 e. The van der Waals surface area contributed by atoms with Crippen molar-refractivity contribution in [2.75, 3.05) is 0 Å². The molecule has 0 saturated carbocycles. The van der Waals surface area contributed by atoms with Crippen molar-refractivity contribution < 1.29 is 4.39 Å². The SMILES string of the molecule is Cc1cccc(-c2nc3sc(=Cc4cccc(F)c4)c(=O)n3n2)c1. The number of nitrogens with zero attached hydrogens (tertiary/aromatic N) is 3. The highest BCUT2D eigenvalue weighted by atomic mass is 32.1. The molecule has 0 aliphatic heterocycles. The highest BCUT2D eigenvalue weighted by molar-refractivity contribution is 7.15. The molecule has 0 bridgehead atoms. The van der Waals surface area contributed by atoms with Crippen molar-refractivity contribution in [3.05, 3.63) is 80.4 Å². The van der Waals surface area contributed by atoms with Gasteiger partial charge in [-0.2, -0.15) is 9.50 Å². The van der Waals surface area contributed by atoms with Gasteiger partial charge in [0.25, 0.3) is 5.56 Å². The number of hydrogen-bond donors (Lipinski definition) is 0. The van der Waals surface area contributed by atoms with Crippen LogP contribution in [0.3, 0.4) is 0 Å². The minimum Gasteiger partial charge on any atom is -0.266 e. The Morgan fingerprint density at radius 2 is 2.00 bits per heavy atom. The summed E-state index contributed by atoms with van der Waals surface area (Å²) in [6.07, 6.45) is 1.65. The molecule has 0 N–H and O–H groups in total. The molecule has 2 aromatic carbocycles. The average molecular weight is 337 g/mol. The molecule has 0 fully saturated rings. The van der Waals surface area contributed by atoms with Gasteiger partial charge in [0.05, 0.1) is 4.53 Å². The zero-order valence-corrected chi connectivity index (χ0v) is 13.5. The molecule has 0 saturated heterocycles. The van der Waals surface area contributed by atoms with E-state index in [-0.39, 0.29) is 11.4 Å². The van der Waals surface area contributed by atoms with Crippen LogP contribution >= 0.6 is 11.3 Å². The summed E-state index contributed by atoms with van der Waals surface area (Å²) in [6.45, 7) is 1.99. The van der Waals surface area contributed by atoms with Gasteiger partial charge in [-0.05, 0) is 36.8 Å². The molecule has 0 aliphatic rings. The summed E-state index contributed by atoms with van der Waals surface area (Å²) in [7, 11) is 0. The summed E-state index contributed by atoms with van der Waals surface area (Å²) in [5.41, 5.74) is 2.37. The van der Waals surface area contributed by atoms with E-state index in [4.69, 9.17) is 0 Å². The van der Waals surface area contributed by atoms with Gasteiger partial charge in [-0.15, -0.1) is 5.10 Å². The molecule has 4 aromatic rings. The van der Waals surface area contributed by atoms with Crippen LogP contribution in [0.1, 0.15) is 11.1 Å². The second-order valence-corrected chi connectivity index (χ2v) is 6.48. The van der Waals surface area contributed by atoms with Crippen LogP contribution in [0.15, 0.2) is 53.3 Å². The molecule has 0 unspecified atom stereocenters. The first-order valence-electron chi connectivity index (χ1n) is 7.34. The van der Waals surface area contributed by atoms with Gasteiger partial charge in [-0.1, -0.05) is 47.2 Å².